The molecule has 1 nitrogen and oxygen atoms in total. The van der Waals surface area contributed by atoms with Crippen LogP contribution in [0, 0.1) is 16.7 Å². The Morgan fingerprint density at radius 2 is 1.65 bits per heavy atom. The van der Waals surface area contributed by atoms with Crippen LogP contribution in [0.15, 0.2) is 0 Å². The van der Waals surface area contributed by atoms with Gasteiger partial charge in [0.1, 0.15) is 0 Å². The summed E-state index contributed by atoms with van der Waals surface area (Å²) in [6.45, 7) is 8.58. The van der Waals surface area contributed by atoms with Crippen molar-refractivity contribution in [2.75, 3.05) is 6.61 Å². The fourth-order valence-electron chi connectivity index (χ4n) is 5.60. The smallest absolute Gasteiger partial charge is 0.0739 e. The van der Waals surface area contributed by atoms with E-state index in [0.717, 1.165) is 12.5 Å². The summed E-state index contributed by atoms with van der Waals surface area (Å²) in [4.78, 5) is 0. The van der Waals surface area contributed by atoms with E-state index in [2.05, 4.69) is 20.8 Å². The average Bonchev–Trinajstić information content (AvgIpc) is 2.71. The molecule has 1 heterocycles. The van der Waals surface area contributed by atoms with Gasteiger partial charge in [0.2, 0.25) is 0 Å². The summed E-state index contributed by atoms with van der Waals surface area (Å²) in [5.41, 5.74) is 1.25. The fourth-order valence-corrected chi connectivity index (χ4v) is 5.60. The first-order chi connectivity index (χ1) is 8.00. The topological polar surface area (TPSA) is 9.23 Å². The maximum Gasteiger partial charge on any atom is 0.0739 e. The molecule has 17 heavy (non-hydrogen) atoms. The number of hydrogen-bond donors (Lipinski definition) is 0. The Morgan fingerprint density at radius 3 is 2.35 bits per heavy atom. The van der Waals surface area contributed by atoms with Gasteiger partial charge >= 0.3 is 0 Å². The van der Waals surface area contributed by atoms with Gasteiger partial charge in [0, 0.05) is 6.61 Å². The number of hydrogen-bond acceptors (Lipinski definition) is 1. The Kier molecular flexibility index (Phi) is 2.63. The Labute approximate surface area is 106 Å². The normalized spacial score (nSPS) is 49.2. The number of ether oxygens (including phenoxy) is 1. The van der Waals surface area contributed by atoms with Crippen molar-refractivity contribution in [3.05, 3.63) is 0 Å². The summed E-state index contributed by atoms with van der Waals surface area (Å²) in [5, 5.41) is 0. The highest BCUT2D eigenvalue weighted by Gasteiger charge is 2.60. The first-order valence-electron chi connectivity index (χ1n) is 7.64. The van der Waals surface area contributed by atoms with Crippen LogP contribution in [0.5, 0.6) is 0 Å². The van der Waals surface area contributed by atoms with E-state index in [4.69, 9.17) is 4.74 Å². The fraction of sp³-hybridized carbons (Fsp3) is 1.00. The summed E-state index contributed by atoms with van der Waals surface area (Å²) >= 11 is 0. The predicted molar refractivity (Wildman–Crippen MR) is 71.0 cm³/mol. The van der Waals surface area contributed by atoms with Crippen LogP contribution in [0.4, 0.5) is 0 Å². The summed E-state index contributed by atoms with van der Waals surface area (Å²) in [7, 11) is 0. The molecule has 1 saturated heterocycles. The van der Waals surface area contributed by atoms with Crippen LogP contribution in [-0.4, -0.2) is 12.2 Å². The molecule has 1 spiro atoms. The van der Waals surface area contributed by atoms with Gasteiger partial charge < -0.3 is 4.74 Å². The Bertz CT molecular complexity index is 301. The lowest BCUT2D eigenvalue weighted by Crippen LogP contribution is -2.58. The monoisotopic (exact) mass is 236 g/mol. The molecular formula is C16H28O. The molecule has 1 heteroatoms. The van der Waals surface area contributed by atoms with Crippen molar-refractivity contribution in [3.63, 3.8) is 0 Å². The molecule has 2 saturated carbocycles. The first-order valence-corrected chi connectivity index (χ1v) is 7.64. The van der Waals surface area contributed by atoms with E-state index in [1.54, 1.807) is 0 Å². The van der Waals surface area contributed by atoms with E-state index in [0.29, 0.717) is 10.8 Å². The van der Waals surface area contributed by atoms with Gasteiger partial charge in [-0.1, -0.05) is 33.6 Å². The molecule has 2 aliphatic carbocycles. The molecule has 98 valence electrons. The van der Waals surface area contributed by atoms with Gasteiger partial charge in [-0.15, -0.1) is 0 Å². The third-order valence-electron chi connectivity index (χ3n) is 6.45. The molecule has 0 aromatic rings. The molecular weight excluding hydrogens is 208 g/mol. The summed E-state index contributed by atoms with van der Waals surface area (Å²) < 4.78 is 6.35. The van der Waals surface area contributed by atoms with Crippen LogP contribution in [0.1, 0.15) is 72.1 Å². The number of fused-ring (bicyclic) bond motifs is 2. The van der Waals surface area contributed by atoms with Crippen molar-refractivity contribution >= 4 is 0 Å². The van der Waals surface area contributed by atoms with Crippen molar-refractivity contribution < 1.29 is 4.74 Å². The molecule has 3 unspecified atom stereocenters. The lowest BCUT2D eigenvalue weighted by atomic mass is 9.46. The molecule has 0 amide bonds. The SMILES string of the molecule is CC1(C)CCCC2(C)C1CCCC21CCCO1. The maximum atomic E-state index is 6.35. The predicted octanol–water partition coefficient (Wildman–Crippen LogP) is 4.55. The van der Waals surface area contributed by atoms with Crippen LogP contribution in [0.2, 0.25) is 0 Å². The Hall–Kier alpha value is -0.0400. The minimum Gasteiger partial charge on any atom is -0.374 e. The van der Waals surface area contributed by atoms with Crippen LogP contribution in [0.3, 0.4) is 0 Å². The summed E-state index contributed by atoms with van der Waals surface area (Å²) in [6.07, 6.45) is 11.0. The van der Waals surface area contributed by atoms with Gasteiger partial charge in [-0.25, -0.2) is 0 Å². The average molecular weight is 236 g/mol. The highest BCUT2D eigenvalue weighted by molar-refractivity contribution is 5.10. The molecule has 1 aliphatic heterocycles. The zero-order valence-electron chi connectivity index (χ0n) is 11.8. The van der Waals surface area contributed by atoms with E-state index in [1.165, 1.54) is 51.4 Å². The van der Waals surface area contributed by atoms with Crippen LogP contribution in [-0.2, 0) is 4.74 Å². The lowest BCUT2D eigenvalue weighted by Gasteiger charge is -2.61. The van der Waals surface area contributed by atoms with Crippen molar-refractivity contribution in [3.8, 4) is 0 Å². The summed E-state index contributed by atoms with van der Waals surface area (Å²) in [6, 6.07) is 0. The quantitative estimate of drug-likeness (QED) is 0.599. The van der Waals surface area contributed by atoms with E-state index >= 15 is 0 Å². The van der Waals surface area contributed by atoms with E-state index in [1.807, 2.05) is 0 Å². The molecule has 3 aliphatic rings. The largest absolute Gasteiger partial charge is 0.374 e. The minimum absolute atomic E-state index is 0.258. The highest BCUT2D eigenvalue weighted by atomic mass is 16.5. The zero-order valence-corrected chi connectivity index (χ0v) is 11.8. The van der Waals surface area contributed by atoms with Crippen molar-refractivity contribution in [2.45, 2.75) is 77.7 Å². The Balaban J connectivity index is 1.99. The van der Waals surface area contributed by atoms with Gasteiger partial charge in [-0.2, -0.15) is 0 Å². The van der Waals surface area contributed by atoms with Crippen LogP contribution >= 0.6 is 0 Å². The van der Waals surface area contributed by atoms with Gasteiger partial charge in [0.05, 0.1) is 5.60 Å². The standard InChI is InChI=1S/C16H28O/c1-14(2)8-5-9-15(3)13(14)7-4-10-16(15)11-6-12-17-16/h13H,4-12H2,1-3H3. The lowest BCUT2D eigenvalue weighted by molar-refractivity contribution is -0.189. The molecule has 0 N–H and O–H groups in total. The van der Waals surface area contributed by atoms with Gasteiger partial charge in [-0.05, 0) is 55.3 Å². The van der Waals surface area contributed by atoms with Crippen molar-refractivity contribution in [2.24, 2.45) is 16.7 Å². The Morgan fingerprint density at radius 1 is 0.882 bits per heavy atom. The second-order valence-corrected chi connectivity index (χ2v) is 7.65. The maximum absolute atomic E-state index is 6.35. The summed E-state index contributed by atoms with van der Waals surface area (Å²) in [5.74, 6) is 0.885. The van der Waals surface area contributed by atoms with Crippen LogP contribution in [0.25, 0.3) is 0 Å². The van der Waals surface area contributed by atoms with Gasteiger partial charge in [0.15, 0.2) is 0 Å². The van der Waals surface area contributed by atoms with E-state index < -0.39 is 0 Å². The molecule has 0 radical (unpaired) electrons. The second kappa shape index (κ2) is 3.73. The van der Waals surface area contributed by atoms with Crippen molar-refractivity contribution in [1.82, 2.24) is 0 Å². The third-order valence-corrected chi connectivity index (χ3v) is 6.45. The molecule has 0 bridgehead atoms. The zero-order chi connectivity index (χ0) is 12.1. The molecule has 0 aromatic heterocycles. The van der Waals surface area contributed by atoms with Gasteiger partial charge in [0.25, 0.3) is 0 Å². The van der Waals surface area contributed by atoms with E-state index in [-0.39, 0.29) is 5.60 Å². The molecule has 0 aromatic carbocycles. The molecule has 3 atom stereocenters. The first kappa shape index (κ1) is 12.0. The van der Waals surface area contributed by atoms with E-state index in [9.17, 15) is 0 Å². The molecule has 3 fully saturated rings. The third kappa shape index (κ3) is 1.54. The minimum atomic E-state index is 0.258. The number of rotatable bonds is 0. The second-order valence-electron chi connectivity index (χ2n) is 7.65. The molecule has 3 rings (SSSR count). The van der Waals surface area contributed by atoms with Gasteiger partial charge in [-0.3, -0.25) is 0 Å². The highest BCUT2D eigenvalue weighted by Crippen LogP contribution is 2.64. The van der Waals surface area contributed by atoms with Crippen molar-refractivity contribution in [1.29, 1.82) is 0 Å². The van der Waals surface area contributed by atoms with Crippen LogP contribution < -0.4 is 0 Å².